The highest BCUT2D eigenvalue weighted by Gasteiger charge is 2.41. The van der Waals surface area contributed by atoms with Crippen molar-refractivity contribution in [2.45, 2.75) is 42.8 Å². The van der Waals surface area contributed by atoms with E-state index in [1.165, 1.54) is 49.2 Å². The van der Waals surface area contributed by atoms with Crippen molar-refractivity contribution >= 4 is 43.4 Å². The number of nitrogens with zero attached hydrogens (tertiary/aromatic N) is 4. The van der Waals surface area contributed by atoms with Crippen molar-refractivity contribution < 1.29 is 35.9 Å². The van der Waals surface area contributed by atoms with E-state index in [2.05, 4.69) is 41.0 Å². The van der Waals surface area contributed by atoms with Crippen molar-refractivity contribution in [3.05, 3.63) is 46.2 Å². The lowest BCUT2D eigenvalue weighted by Crippen LogP contribution is -2.17. The van der Waals surface area contributed by atoms with E-state index in [-0.39, 0.29) is 46.0 Å². The molecule has 11 nitrogen and oxygen atoms in total. The summed E-state index contributed by atoms with van der Waals surface area (Å²) in [7, 11) is -1.37. The van der Waals surface area contributed by atoms with E-state index >= 15 is 0 Å². The normalized spacial score (nSPS) is 13.7. The van der Waals surface area contributed by atoms with Gasteiger partial charge in [-0.25, -0.2) is 8.42 Å². The fraction of sp³-hybridized carbons (Fsp3) is 0.364. The van der Waals surface area contributed by atoms with Crippen LogP contribution in [0.15, 0.2) is 39.7 Å². The lowest BCUT2D eigenvalue weighted by atomic mass is 10.2. The van der Waals surface area contributed by atoms with Crippen LogP contribution in [-0.4, -0.2) is 48.3 Å². The molecule has 1 aliphatic rings. The number of amides is 1. The quantitative estimate of drug-likeness (QED) is 0.345. The van der Waals surface area contributed by atoms with Gasteiger partial charge in [0.1, 0.15) is 0 Å². The Morgan fingerprint density at radius 3 is 2.42 bits per heavy atom. The largest absolute Gasteiger partial charge is 0.481 e. The number of anilines is 2. The maximum absolute atomic E-state index is 13.3. The van der Waals surface area contributed by atoms with Crippen LogP contribution in [0.25, 0.3) is 0 Å². The van der Waals surface area contributed by atoms with E-state index in [1.54, 1.807) is 0 Å². The number of nitrogens with one attached hydrogen (secondary N) is 2. The average Bonchev–Trinajstić information content (AvgIpc) is 3.63. The Balaban J connectivity index is 1.40. The number of rotatable bonds is 10. The number of sulfonamides is 1. The standard InChI is InChI=1S/C22H22BrF3N6O5S/c1-36-17-11-15(28-21(29-17)37-2)31-38(34,35)14-7-5-13(6-8-14)27-16(33)9-10-32-19(12-3-4-12)18(23)20(30-32)22(24,25)26/h5-8,11-12H,3-4,9-10H2,1-2H3,(H,27,33)(H,28,29,31). The molecule has 2 aromatic heterocycles. The minimum absolute atomic E-state index is 0.0244. The van der Waals surface area contributed by atoms with Crippen LogP contribution >= 0.6 is 15.9 Å². The molecule has 1 aliphatic carbocycles. The molecule has 1 amide bonds. The van der Waals surface area contributed by atoms with Gasteiger partial charge in [-0.05, 0) is 53.0 Å². The highest BCUT2D eigenvalue weighted by molar-refractivity contribution is 9.10. The summed E-state index contributed by atoms with van der Waals surface area (Å²) >= 11 is 3.02. The van der Waals surface area contributed by atoms with Gasteiger partial charge in [0.15, 0.2) is 11.5 Å². The lowest BCUT2D eigenvalue weighted by Gasteiger charge is -2.11. The van der Waals surface area contributed by atoms with Crippen LogP contribution in [0.2, 0.25) is 0 Å². The first kappa shape index (κ1) is 27.6. The second-order valence-corrected chi connectivity index (χ2v) is 10.7. The van der Waals surface area contributed by atoms with Crippen LogP contribution in [0, 0.1) is 0 Å². The van der Waals surface area contributed by atoms with E-state index in [1.807, 2.05) is 0 Å². The van der Waals surface area contributed by atoms with Gasteiger partial charge in [0.2, 0.25) is 11.8 Å². The Morgan fingerprint density at radius 1 is 1.16 bits per heavy atom. The highest BCUT2D eigenvalue weighted by atomic mass is 79.9. The Kier molecular flexibility index (Phi) is 7.83. The number of ether oxygens (including phenoxy) is 2. The van der Waals surface area contributed by atoms with Crippen molar-refractivity contribution in [1.82, 2.24) is 19.7 Å². The average molecular weight is 619 g/mol. The first-order valence-corrected chi connectivity index (χ1v) is 13.4. The van der Waals surface area contributed by atoms with Gasteiger partial charge >= 0.3 is 12.2 Å². The molecule has 0 spiro atoms. The summed E-state index contributed by atoms with van der Waals surface area (Å²) < 4.78 is 78.7. The van der Waals surface area contributed by atoms with Crippen molar-refractivity contribution in [3.63, 3.8) is 0 Å². The number of aryl methyl sites for hydroxylation is 1. The smallest absolute Gasteiger partial charge is 0.436 e. The molecule has 0 aliphatic heterocycles. The zero-order valence-corrected chi connectivity index (χ0v) is 22.4. The summed E-state index contributed by atoms with van der Waals surface area (Å²) in [5, 5.41) is 6.29. The second-order valence-electron chi connectivity index (χ2n) is 8.25. The van der Waals surface area contributed by atoms with Crippen molar-refractivity contribution in [3.8, 4) is 11.9 Å². The second kappa shape index (κ2) is 10.8. The zero-order valence-electron chi connectivity index (χ0n) is 20.0. The molecule has 16 heteroatoms. The summed E-state index contributed by atoms with van der Waals surface area (Å²) in [4.78, 5) is 20.2. The summed E-state index contributed by atoms with van der Waals surface area (Å²) in [6.07, 6.45) is -3.23. The number of carbonyl (C=O) groups excluding carboxylic acids is 1. The molecule has 0 unspecified atom stereocenters. The lowest BCUT2D eigenvalue weighted by molar-refractivity contribution is -0.142. The van der Waals surface area contributed by atoms with Crippen molar-refractivity contribution in [2.24, 2.45) is 0 Å². The van der Waals surface area contributed by atoms with Gasteiger partial charge in [-0.1, -0.05) is 0 Å². The van der Waals surface area contributed by atoms with E-state index in [0.717, 1.165) is 12.8 Å². The number of hydrogen-bond acceptors (Lipinski definition) is 8. The van der Waals surface area contributed by atoms with Crippen LogP contribution in [0.3, 0.4) is 0 Å². The number of benzene rings is 1. The van der Waals surface area contributed by atoms with E-state index < -0.39 is 27.8 Å². The molecular weight excluding hydrogens is 597 g/mol. The predicted molar refractivity (Wildman–Crippen MR) is 133 cm³/mol. The number of carbonyl (C=O) groups is 1. The third-order valence-corrected chi connectivity index (χ3v) is 7.63. The molecular formula is C22H22BrF3N6O5S. The van der Waals surface area contributed by atoms with E-state index in [9.17, 15) is 26.4 Å². The zero-order chi connectivity index (χ0) is 27.7. The number of aromatic nitrogens is 4. The SMILES string of the molecule is COc1cc(NS(=O)(=O)c2ccc(NC(=O)CCn3nc(C(F)(F)F)c(Br)c3C3CC3)cc2)nc(OC)n1. The fourth-order valence-corrected chi connectivity index (χ4v) is 5.37. The number of alkyl halides is 3. The van der Waals surface area contributed by atoms with Gasteiger partial charge in [-0.3, -0.25) is 14.2 Å². The molecule has 1 saturated carbocycles. The van der Waals surface area contributed by atoms with Crippen LogP contribution < -0.4 is 19.5 Å². The maximum atomic E-state index is 13.3. The molecule has 38 heavy (non-hydrogen) atoms. The molecule has 4 rings (SSSR count). The topological polar surface area (TPSA) is 137 Å². The van der Waals surface area contributed by atoms with Crippen LogP contribution in [0.1, 0.15) is 36.6 Å². The Hall–Kier alpha value is -3.40. The number of halogens is 4. The number of hydrogen-bond donors (Lipinski definition) is 2. The Labute approximate surface area is 223 Å². The molecule has 2 N–H and O–H groups in total. The maximum Gasteiger partial charge on any atom is 0.436 e. The van der Waals surface area contributed by atoms with Crippen molar-refractivity contribution in [1.29, 1.82) is 0 Å². The van der Waals surface area contributed by atoms with Gasteiger partial charge in [-0.2, -0.15) is 28.2 Å². The first-order valence-electron chi connectivity index (χ1n) is 11.1. The highest BCUT2D eigenvalue weighted by Crippen LogP contribution is 2.47. The molecule has 0 atom stereocenters. The van der Waals surface area contributed by atoms with Gasteiger partial charge in [-0.15, -0.1) is 0 Å². The third kappa shape index (κ3) is 6.35. The minimum Gasteiger partial charge on any atom is -0.481 e. The van der Waals surface area contributed by atoms with E-state index in [0.29, 0.717) is 11.4 Å². The molecule has 1 fully saturated rings. The predicted octanol–water partition coefficient (Wildman–Crippen LogP) is 4.18. The molecule has 0 bridgehead atoms. The Morgan fingerprint density at radius 2 is 1.84 bits per heavy atom. The van der Waals surface area contributed by atoms with Crippen molar-refractivity contribution in [2.75, 3.05) is 24.3 Å². The summed E-state index contributed by atoms with van der Waals surface area (Å²) in [5.41, 5.74) is -0.269. The van der Waals surface area contributed by atoms with Gasteiger partial charge in [0.25, 0.3) is 10.0 Å². The molecule has 3 aromatic rings. The van der Waals surface area contributed by atoms with Gasteiger partial charge in [0, 0.05) is 24.1 Å². The first-order chi connectivity index (χ1) is 17.9. The van der Waals surface area contributed by atoms with Crippen LogP contribution in [-0.2, 0) is 27.5 Å². The molecule has 0 saturated heterocycles. The molecule has 2 heterocycles. The van der Waals surface area contributed by atoms with E-state index in [4.69, 9.17) is 9.47 Å². The van der Waals surface area contributed by atoms with Gasteiger partial charge in [0.05, 0.1) is 35.8 Å². The molecule has 1 aromatic carbocycles. The van der Waals surface area contributed by atoms with Gasteiger partial charge < -0.3 is 14.8 Å². The summed E-state index contributed by atoms with van der Waals surface area (Å²) in [6.45, 7) is -0.0470. The summed E-state index contributed by atoms with van der Waals surface area (Å²) in [6, 6.07) is 6.50. The minimum atomic E-state index is -4.61. The fourth-order valence-electron chi connectivity index (χ4n) is 3.55. The Bertz CT molecular complexity index is 1420. The summed E-state index contributed by atoms with van der Waals surface area (Å²) in [5.74, 6) is -0.478. The van der Waals surface area contributed by atoms with Crippen LogP contribution in [0.4, 0.5) is 24.7 Å². The molecule has 204 valence electrons. The molecule has 0 radical (unpaired) electrons. The number of methoxy groups -OCH3 is 2. The third-order valence-electron chi connectivity index (χ3n) is 5.48. The monoisotopic (exact) mass is 618 g/mol. The van der Waals surface area contributed by atoms with Crippen LogP contribution in [0.5, 0.6) is 11.9 Å².